The van der Waals surface area contributed by atoms with E-state index >= 15 is 0 Å². The maximum Gasteiger partial charge on any atom is 0.338 e. The van der Waals surface area contributed by atoms with Crippen LogP contribution in [0.5, 0.6) is 0 Å². The maximum absolute atomic E-state index is 12.6. The lowest BCUT2D eigenvalue weighted by molar-refractivity contribution is 0.0517. The number of anilines is 5. The molecule has 0 aliphatic carbocycles. The topological polar surface area (TPSA) is 203 Å². The zero-order valence-corrected chi connectivity index (χ0v) is 41.8. The van der Waals surface area contributed by atoms with Crippen molar-refractivity contribution in [3.05, 3.63) is 76.3 Å². The molecule has 0 radical (unpaired) electrons. The third-order valence-corrected chi connectivity index (χ3v) is 15.7. The van der Waals surface area contributed by atoms with Gasteiger partial charge in [0.15, 0.2) is 0 Å². The van der Waals surface area contributed by atoms with Crippen molar-refractivity contribution in [2.75, 3.05) is 129 Å². The first kappa shape index (κ1) is 50.4. The second-order valence-electron chi connectivity index (χ2n) is 17.2. The first-order chi connectivity index (χ1) is 33.7. The molecule has 4 fully saturated rings. The van der Waals surface area contributed by atoms with Gasteiger partial charge in [0.2, 0.25) is 11.2 Å². The summed E-state index contributed by atoms with van der Waals surface area (Å²) in [5.74, 6) is 2.79. The van der Waals surface area contributed by atoms with Crippen LogP contribution in [-0.2, 0) is 53.4 Å². The minimum Gasteiger partial charge on any atom is -0.462 e. The van der Waals surface area contributed by atoms with Gasteiger partial charge in [-0.1, -0.05) is 0 Å². The highest BCUT2D eigenvalue weighted by Crippen LogP contribution is 2.33. The number of nitrogens with zero attached hydrogens (tertiary/aromatic N) is 7. The molecule has 10 rings (SSSR count). The van der Waals surface area contributed by atoms with E-state index in [-0.39, 0.29) is 23.3 Å². The highest BCUT2D eigenvalue weighted by molar-refractivity contribution is 7.85. The summed E-state index contributed by atoms with van der Waals surface area (Å²) in [6.07, 6.45) is 5.16. The number of ether oxygens (including phenoxy) is 4. The van der Waals surface area contributed by atoms with Crippen LogP contribution in [0.1, 0.15) is 71.6 Å². The number of esters is 2. The Morgan fingerprint density at radius 3 is 1.55 bits per heavy atom. The van der Waals surface area contributed by atoms with Gasteiger partial charge in [-0.25, -0.2) is 19.6 Å². The summed E-state index contributed by atoms with van der Waals surface area (Å²) >= 11 is 5.91. The molecule has 6 aliphatic heterocycles. The fourth-order valence-corrected chi connectivity index (χ4v) is 11.7. The molecule has 69 heavy (non-hydrogen) atoms. The molecule has 2 aromatic heterocycles. The Morgan fingerprint density at radius 1 is 0.638 bits per heavy atom. The predicted octanol–water partition coefficient (Wildman–Crippen LogP) is 4.89. The molecule has 2 aromatic carbocycles. The van der Waals surface area contributed by atoms with Gasteiger partial charge in [0.1, 0.15) is 21.4 Å². The molecule has 0 amide bonds. The molecule has 372 valence electrons. The average molecular weight is 1010 g/mol. The summed E-state index contributed by atoms with van der Waals surface area (Å²) in [6, 6.07) is 15.8. The third-order valence-electron chi connectivity index (χ3n) is 12.6. The number of carbonyl (C=O) groups excluding carboxylic acids is 2. The lowest BCUT2D eigenvalue weighted by Gasteiger charge is -2.36. The summed E-state index contributed by atoms with van der Waals surface area (Å²) in [7, 11) is -2.04. The molecule has 2 atom stereocenters. The summed E-state index contributed by atoms with van der Waals surface area (Å²) in [4.78, 5) is 49.8. The van der Waals surface area contributed by atoms with Gasteiger partial charge >= 0.3 is 11.9 Å². The van der Waals surface area contributed by atoms with Crippen molar-refractivity contribution in [3.8, 4) is 0 Å². The number of fused-ring (bicyclic) bond motifs is 2. The van der Waals surface area contributed by atoms with Crippen molar-refractivity contribution >= 4 is 74.1 Å². The molecule has 4 aromatic rings. The smallest absolute Gasteiger partial charge is 0.338 e. The predicted molar refractivity (Wildman–Crippen MR) is 268 cm³/mol. The normalized spacial score (nSPS) is 20.4. The van der Waals surface area contributed by atoms with Crippen LogP contribution in [0.3, 0.4) is 0 Å². The standard InChI is InChI=1S/C24H31N5O4S.C13H18N2O2.C11H14ClN3O2S/c1-2-33-23(30)17-3-5-19(6-4-17)28-10-12-29(13-11-28)24-26-20-9-16-34(31)21(20)22(27-24)25-18-7-14-32-15-8-18;1-2-17-13(16)11-3-5-12(6-4-11)15-9-7-14-8-10-15;12-11-14-8-3-6-18(16)9(8)10(15-11)13-7-1-4-17-5-2-7/h3-6,18H,2,7-16H2,1H3,(H,25,26,27);3-6,14H,2,7-10H2,1H3;7H,1-6H2,(H,13,14,15). The van der Waals surface area contributed by atoms with Gasteiger partial charge in [0.25, 0.3) is 0 Å². The average Bonchev–Trinajstić information content (AvgIpc) is 3.96. The van der Waals surface area contributed by atoms with Crippen molar-refractivity contribution in [2.24, 2.45) is 0 Å². The highest BCUT2D eigenvalue weighted by atomic mass is 35.5. The first-order valence-electron chi connectivity index (χ1n) is 24.1. The number of benzene rings is 2. The summed E-state index contributed by atoms with van der Waals surface area (Å²) in [5, 5.41) is 10.4. The maximum atomic E-state index is 12.6. The van der Waals surface area contributed by atoms with Crippen LogP contribution in [0.2, 0.25) is 5.28 Å². The van der Waals surface area contributed by atoms with Crippen LogP contribution in [0.15, 0.2) is 58.3 Å². The van der Waals surface area contributed by atoms with Crippen LogP contribution in [0, 0.1) is 0 Å². The van der Waals surface area contributed by atoms with E-state index in [0.717, 1.165) is 144 Å². The van der Waals surface area contributed by atoms with Crippen LogP contribution in [-0.4, -0.2) is 156 Å². The Hall–Kier alpha value is -4.99. The number of rotatable bonds is 11. The number of hydrogen-bond acceptors (Lipinski definition) is 18. The molecule has 18 nitrogen and oxygen atoms in total. The second-order valence-corrected chi connectivity index (χ2v) is 20.5. The summed E-state index contributed by atoms with van der Waals surface area (Å²) in [5.41, 5.74) is 5.17. The Morgan fingerprint density at radius 2 is 1.07 bits per heavy atom. The fraction of sp³-hybridized carbons (Fsp3) is 0.542. The number of piperazine rings is 2. The van der Waals surface area contributed by atoms with Crippen molar-refractivity contribution < 1.29 is 37.0 Å². The molecule has 6 aliphatic rings. The quantitative estimate of drug-likeness (QED) is 0.135. The summed E-state index contributed by atoms with van der Waals surface area (Å²) < 4.78 is 45.4. The third kappa shape index (κ3) is 13.3. The SMILES string of the molecule is CCOC(=O)c1ccc(N2CCN(c3nc4c(c(NC5CCOCC5)n3)S(=O)CC4)CC2)cc1.CCOC(=O)c1ccc(N2CCNCC2)cc1.O=S1CCc2nc(Cl)nc(NC3CCOCC3)c21. The van der Waals surface area contributed by atoms with Gasteiger partial charge in [-0.05, 0) is 99.7 Å². The minimum atomic E-state index is -1.04. The molecule has 0 spiro atoms. The van der Waals surface area contributed by atoms with Gasteiger partial charge in [0.05, 0.1) is 57.3 Å². The number of nitrogens with one attached hydrogen (secondary N) is 3. The number of aromatic nitrogens is 4. The Kier molecular flexibility index (Phi) is 18.1. The van der Waals surface area contributed by atoms with E-state index in [9.17, 15) is 18.0 Å². The molecule has 3 N–H and O–H groups in total. The number of halogens is 1. The van der Waals surface area contributed by atoms with Crippen LogP contribution in [0.4, 0.5) is 29.0 Å². The lowest BCUT2D eigenvalue weighted by Crippen LogP contribution is -2.47. The molecule has 4 saturated heterocycles. The minimum absolute atomic E-state index is 0.224. The van der Waals surface area contributed by atoms with Crippen molar-refractivity contribution in [3.63, 3.8) is 0 Å². The van der Waals surface area contributed by atoms with Crippen LogP contribution >= 0.6 is 11.6 Å². The van der Waals surface area contributed by atoms with E-state index in [1.165, 1.54) is 5.69 Å². The molecule has 2 unspecified atom stereocenters. The first-order valence-corrected chi connectivity index (χ1v) is 27.1. The van der Waals surface area contributed by atoms with Gasteiger partial charge in [-0.15, -0.1) is 0 Å². The van der Waals surface area contributed by atoms with E-state index < -0.39 is 21.6 Å². The van der Waals surface area contributed by atoms with Crippen molar-refractivity contribution in [2.45, 2.75) is 74.2 Å². The Labute approximate surface area is 413 Å². The highest BCUT2D eigenvalue weighted by Gasteiger charge is 2.31. The zero-order valence-electron chi connectivity index (χ0n) is 39.4. The van der Waals surface area contributed by atoms with E-state index in [2.05, 4.69) is 40.6 Å². The molecule has 21 heteroatoms. The number of aryl methyl sites for hydroxylation is 2. The molecule has 0 bridgehead atoms. The van der Waals surface area contributed by atoms with Gasteiger partial charge < -0.3 is 49.6 Å². The van der Waals surface area contributed by atoms with Crippen LogP contribution in [0.25, 0.3) is 0 Å². The molecular weight excluding hydrogens is 944 g/mol. The van der Waals surface area contributed by atoms with Crippen molar-refractivity contribution in [1.82, 2.24) is 25.3 Å². The summed E-state index contributed by atoms with van der Waals surface area (Å²) in [6.45, 7) is 14.7. The van der Waals surface area contributed by atoms with Crippen molar-refractivity contribution in [1.29, 1.82) is 0 Å². The monoisotopic (exact) mass is 1010 g/mol. The Bertz CT molecular complexity index is 2410. The fourth-order valence-electron chi connectivity index (χ4n) is 8.89. The van der Waals surface area contributed by atoms with E-state index in [4.69, 9.17) is 40.5 Å². The van der Waals surface area contributed by atoms with Gasteiger partial charge in [-0.3, -0.25) is 8.42 Å². The number of carbonyl (C=O) groups is 2. The molecule has 0 saturated carbocycles. The van der Waals surface area contributed by atoms with Gasteiger partial charge in [0, 0.05) is 127 Å². The Balaban J connectivity index is 0.000000154. The number of hydrogen-bond donors (Lipinski definition) is 3. The van der Waals surface area contributed by atoms with E-state index in [0.29, 0.717) is 60.1 Å². The molecule has 8 heterocycles. The second kappa shape index (κ2) is 24.7. The van der Waals surface area contributed by atoms with E-state index in [1.54, 1.807) is 6.92 Å². The zero-order chi connectivity index (χ0) is 48.1. The largest absolute Gasteiger partial charge is 0.462 e. The van der Waals surface area contributed by atoms with Gasteiger partial charge in [-0.2, -0.15) is 9.97 Å². The van der Waals surface area contributed by atoms with E-state index in [1.807, 2.05) is 55.5 Å². The van der Waals surface area contributed by atoms with Crippen LogP contribution < -0.4 is 30.7 Å². The molecular formula is C48H63ClN10O8S2. The lowest BCUT2D eigenvalue weighted by atomic mass is 10.1.